The Labute approximate surface area is 103 Å². The largest absolute Gasteiger partial charge is 0.366 e. The van der Waals surface area contributed by atoms with Gasteiger partial charge in [-0.15, -0.1) is 0 Å². The lowest BCUT2D eigenvalue weighted by atomic mass is 10.3. The highest BCUT2D eigenvalue weighted by Crippen LogP contribution is 2.20. The summed E-state index contributed by atoms with van der Waals surface area (Å²) in [5.74, 6) is -0.491. The molecule has 0 aliphatic rings. The summed E-state index contributed by atoms with van der Waals surface area (Å²) in [5.41, 5.74) is 6.61. The number of nitrogens with two attached hydrogens (primary N) is 1. The van der Waals surface area contributed by atoms with Gasteiger partial charge in [0.2, 0.25) is 5.91 Å². The molecule has 0 saturated carbocycles. The molecule has 0 bridgehead atoms. The van der Waals surface area contributed by atoms with Crippen molar-refractivity contribution in [2.45, 2.75) is 0 Å². The van der Waals surface area contributed by atoms with E-state index in [4.69, 9.17) is 17.3 Å². The van der Waals surface area contributed by atoms with E-state index in [-0.39, 0.29) is 0 Å². The summed E-state index contributed by atoms with van der Waals surface area (Å²) in [7, 11) is 0. The minimum Gasteiger partial charge on any atom is -0.366 e. The maximum Gasteiger partial charge on any atom is 0.241 e. The molecule has 5 heteroatoms. The monoisotopic (exact) mass is 247 g/mol. The second-order valence-corrected chi connectivity index (χ2v) is 3.71. The molecule has 0 aliphatic carbocycles. The summed E-state index contributed by atoms with van der Waals surface area (Å²) in [6.07, 6.45) is 6.39. The third kappa shape index (κ3) is 2.54. The number of halogens is 1. The second-order valence-electron chi connectivity index (χ2n) is 3.35. The van der Waals surface area contributed by atoms with E-state index in [9.17, 15) is 4.79 Å². The topological polar surface area (TPSA) is 60.9 Å². The fourth-order valence-corrected chi connectivity index (χ4v) is 1.68. The first-order chi connectivity index (χ1) is 8.18. The summed E-state index contributed by atoms with van der Waals surface area (Å²) in [4.78, 5) is 14.7. The molecule has 4 nitrogen and oxygen atoms in total. The summed E-state index contributed by atoms with van der Waals surface area (Å²) < 4.78 is 1.83. The highest BCUT2D eigenvalue weighted by molar-refractivity contribution is 6.31. The van der Waals surface area contributed by atoms with E-state index in [1.54, 1.807) is 18.3 Å². The van der Waals surface area contributed by atoms with Gasteiger partial charge in [-0.2, -0.15) is 0 Å². The molecular weight excluding hydrogens is 238 g/mol. The molecule has 2 aromatic rings. The van der Waals surface area contributed by atoms with Crippen molar-refractivity contribution in [3.63, 3.8) is 0 Å². The molecule has 0 fully saturated rings. The Bertz CT molecular complexity index is 575. The maximum atomic E-state index is 10.7. The highest BCUT2D eigenvalue weighted by atomic mass is 35.5. The van der Waals surface area contributed by atoms with Gasteiger partial charge in [-0.05, 0) is 30.3 Å². The van der Waals surface area contributed by atoms with Crippen LogP contribution in [0.15, 0.2) is 42.7 Å². The van der Waals surface area contributed by atoms with Crippen LogP contribution in [0.25, 0.3) is 11.8 Å². The number of hydrogen-bond donors (Lipinski definition) is 1. The van der Waals surface area contributed by atoms with Crippen molar-refractivity contribution in [3.8, 4) is 5.69 Å². The van der Waals surface area contributed by atoms with Crippen molar-refractivity contribution < 1.29 is 4.79 Å². The Balaban J connectivity index is 2.44. The van der Waals surface area contributed by atoms with E-state index in [2.05, 4.69) is 4.98 Å². The number of pyridine rings is 1. The van der Waals surface area contributed by atoms with Crippen LogP contribution < -0.4 is 5.73 Å². The van der Waals surface area contributed by atoms with Gasteiger partial charge in [0.05, 0.1) is 5.69 Å². The number of nitrogens with zero attached hydrogens (tertiary/aromatic N) is 2. The molecule has 0 saturated heterocycles. The van der Waals surface area contributed by atoms with Gasteiger partial charge in [0.1, 0.15) is 0 Å². The van der Waals surface area contributed by atoms with Gasteiger partial charge >= 0.3 is 0 Å². The van der Waals surface area contributed by atoms with Gasteiger partial charge in [-0.25, -0.2) is 4.98 Å². The fraction of sp³-hybridized carbons (Fsp3) is 0. The Hall–Kier alpha value is -2.07. The molecular formula is C12H10ClN3O. The number of hydrogen-bond acceptors (Lipinski definition) is 2. The number of aromatic nitrogens is 2. The Kier molecular flexibility index (Phi) is 3.25. The normalized spacial score (nSPS) is 10.9. The lowest BCUT2D eigenvalue weighted by Crippen LogP contribution is -2.05. The smallest absolute Gasteiger partial charge is 0.241 e. The number of primary amides is 1. The molecule has 0 spiro atoms. The minimum absolute atomic E-state index is 0.400. The molecule has 2 aromatic heterocycles. The van der Waals surface area contributed by atoms with E-state index in [0.29, 0.717) is 5.15 Å². The zero-order valence-corrected chi connectivity index (χ0v) is 9.63. The quantitative estimate of drug-likeness (QED) is 0.666. The maximum absolute atomic E-state index is 10.7. The molecule has 2 N–H and O–H groups in total. The van der Waals surface area contributed by atoms with Crippen LogP contribution in [0.2, 0.25) is 5.15 Å². The molecule has 86 valence electrons. The van der Waals surface area contributed by atoms with Crippen LogP contribution in [0, 0.1) is 0 Å². The van der Waals surface area contributed by atoms with Gasteiger partial charge in [0, 0.05) is 24.2 Å². The van der Waals surface area contributed by atoms with Crippen LogP contribution in [0.1, 0.15) is 5.69 Å². The second kappa shape index (κ2) is 4.84. The Morgan fingerprint density at radius 2 is 2.24 bits per heavy atom. The third-order valence-electron chi connectivity index (χ3n) is 2.20. The van der Waals surface area contributed by atoms with Gasteiger partial charge < -0.3 is 10.3 Å². The van der Waals surface area contributed by atoms with E-state index >= 15 is 0 Å². The lowest BCUT2D eigenvalue weighted by molar-refractivity contribution is -0.113. The molecule has 0 atom stereocenters. The highest BCUT2D eigenvalue weighted by Gasteiger charge is 2.05. The minimum atomic E-state index is -0.491. The van der Waals surface area contributed by atoms with Crippen LogP contribution in [-0.4, -0.2) is 15.5 Å². The first-order valence-corrected chi connectivity index (χ1v) is 5.32. The van der Waals surface area contributed by atoms with Crippen LogP contribution in [-0.2, 0) is 4.79 Å². The van der Waals surface area contributed by atoms with Crippen molar-refractivity contribution in [1.29, 1.82) is 0 Å². The number of carbonyl (C=O) groups is 1. The fourth-order valence-electron chi connectivity index (χ4n) is 1.47. The number of carbonyl (C=O) groups excluding carboxylic acids is 1. The van der Waals surface area contributed by atoms with Crippen molar-refractivity contribution in [2.24, 2.45) is 5.73 Å². The van der Waals surface area contributed by atoms with Crippen molar-refractivity contribution in [1.82, 2.24) is 9.55 Å². The average Bonchev–Trinajstić information content (AvgIpc) is 2.75. The molecule has 17 heavy (non-hydrogen) atoms. The predicted molar refractivity (Wildman–Crippen MR) is 66.8 cm³/mol. The first-order valence-electron chi connectivity index (χ1n) is 4.94. The number of amides is 1. The van der Waals surface area contributed by atoms with Crippen molar-refractivity contribution in [3.05, 3.63) is 53.6 Å². The molecule has 0 radical (unpaired) electrons. The van der Waals surface area contributed by atoms with Gasteiger partial charge in [-0.1, -0.05) is 11.6 Å². The van der Waals surface area contributed by atoms with Crippen molar-refractivity contribution in [2.75, 3.05) is 0 Å². The van der Waals surface area contributed by atoms with Crippen LogP contribution in [0.5, 0.6) is 0 Å². The van der Waals surface area contributed by atoms with Gasteiger partial charge in [0.25, 0.3) is 0 Å². The van der Waals surface area contributed by atoms with Gasteiger partial charge in [-0.3, -0.25) is 4.79 Å². The average molecular weight is 248 g/mol. The standard InChI is InChI=1S/C12H10ClN3O/c13-12-10(4-1-7-15-12)16-8-2-3-9(16)5-6-11(14)17/h1-8H,(H2,14,17)/b6-5-. The Morgan fingerprint density at radius 3 is 2.94 bits per heavy atom. The molecule has 0 unspecified atom stereocenters. The Morgan fingerprint density at radius 1 is 1.41 bits per heavy atom. The molecule has 2 heterocycles. The molecule has 2 rings (SSSR count). The summed E-state index contributed by atoms with van der Waals surface area (Å²) in [5, 5.41) is 0.400. The van der Waals surface area contributed by atoms with Crippen LogP contribution >= 0.6 is 11.6 Å². The summed E-state index contributed by atoms with van der Waals surface area (Å²) in [6, 6.07) is 7.34. The van der Waals surface area contributed by atoms with E-state index in [1.165, 1.54) is 6.08 Å². The molecule has 1 amide bonds. The summed E-state index contributed by atoms with van der Waals surface area (Å²) >= 11 is 6.00. The first kappa shape index (κ1) is 11.4. The zero-order chi connectivity index (χ0) is 12.3. The van der Waals surface area contributed by atoms with Crippen molar-refractivity contribution >= 4 is 23.6 Å². The predicted octanol–water partition coefficient (Wildman–Crippen LogP) is 2.02. The molecule has 0 aromatic carbocycles. The van der Waals surface area contributed by atoms with Gasteiger partial charge in [0.15, 0.2) is 5.15 Å². The van der Waals surface area contributed by atoms with E-state index < -0.39 is 5.91 Å². The zero-order valence-electron chi connectivity index (χ0n) is 8.88. The lowest BCUT2D eigenvalue weighted by Gasteiger charge is -2.07. The third-order valence-corrected chi connectivity index (χ3v) is 2.49. The summed E-state index contributed by atoms with van der Waals surface area (Å²) in [6.45, 7) is 0. The number of rotatable bonds is 3. The van der Waals surface area contributed by atoms with Crippen LogP contribution in [0.4, 0.5) is 0 Å². The van der Waals surface area contributed by atoms with E-state index in [1.807, 2.05) is 29.0 Å². The molecule has 0 aliphatic heterocycles. The van der Waals surface area contributed by atoms with Crippen LogP contribution in [0.3, 0.4) is 0 Å². The SMILES string of the molecule is NC(=O)/C=C\c1cccn1-c1cccnc1Cl. The van der Waals surface area contributed by atoms with E-state index in [0.717, 1.165) is 11.4 Å².